The van der Waals surface area contributed by atoms with Crippen molar-refractivity contribution in [2.75, 3.05) is 6.61 Å². The lowest BCUT2D eigenvalue weighted by molar-refractivity contribution is -0.142. The van der Waals surface area contributed by atoms with Crippen molar-refractivity contribution in [3.63, 3.8) is 0 Å². The highest BCUT2D eigenvalue weighted by Crippen LogP contribution is 2.26. The van der Waals surface area contributed by atoms with E-state index in [0.717, 1.165) is 34.6 Å². The number of nitrogens with zero attached hydrogens (tertiary/aromatic N) is 2. The molecule has 24 heavy (non-hydrogen) atoms. The largest absolute Gasteiger partial charge is 0.466 e. The Morgan fingerprint density at radius 3 is 2.54 bits per heavy atom. The molecule has 124 valence electrons. The van der Waals surface area contributed by atoms with Gasteiger partial charge in [-0.25, -0.2) is 4.98 Å². The molecule has 0 saturated carbocycles. The van der Waals surface area contributed by atoms with E-state index in [9.17, 15) is 4.79 Å². The van der Waals surface area contributed by atoms with Crippen LogP contribution in [0.2, 0.25) is 0 Å². The van der Waals surface area contributed by atoms with Gasteiger partial charge in [-0.2, -0.15) is 0 Å². The molecule has 0 bridgehead atoms. The van der Waals surface area contributed by atoms with E-state index in [1.807, 2.05) is 36.6 Å². The zero-order valence-electron chi connectivity index (χ0n) is 14.4. The minimum Gasteiger partial charge on any atom is -0.466 e. The van der Waals surface area contributed by atoms with Gasteiger partial charge in [-0.1, -0.05) is 37.3 Å². The van der Waals surface area contributed by atoms with E-state index < -0.39 is 0 Å². The molecule has 0 aliphatic heterocycles. The van der Waals surface area contributed by atoms with Gasteiger partial charge in [0, 0.05) is 11.8 Å². The third kappa shape index (κ3) is 3.18. The predicted molar refractivity (Wildman–Crippen MR) is 95.1 cm³/mol. The van der Waals surface area contributed by atoms with Crippen LogP contribution in [0.3, 0.4) is 0 Å². The summed E-state index contributed by atoms with van der Waals surface area (Å²) in [5, 5.41) is 0. The lowest BCUT2D eigenvalue weighted by atomic mass is 10.1. The first kappa shape index (κ1) is 16.2. The first-order valence-corrected chi connectivity index (χ1v) is 8.35. The highest BCUT2D eigenvalue weighted by molar-refractivity contribution is 5.77. The summed E-state index contributed by atoms with van der Waals surface area (Å²) in [6.45, 7) is 6.37. The number of rotatable bonds is 5. The lowest BCUT2D eigenvalue weighted by Crippen LogP contribution is -2.10. The fraction of sp³-hybridized carbons (Fsp3) is 0.300. The predicted octanol–water partition coefficient (Wildman–Crippen LogP) is 3.98. The van der Waals surface area contributed by atoms with E-state index in [4.69, 9.17) is 9.72 Å². The molecule has 0 amide bonds. The summed E-state index contributed by atoms with van der Waals surface area (Å²) in [5.74, 6) is -0.229. The highest BCUT2D eigenvalue weighted by Gasteiger charge is 2.17. The Labute approximate surface area is 142 Å². The Bertz CT molecular complexity index is 863. The second-order valence-electron chi connectivity index (χ2n) is 5.87. The number of aryl methyl sites for hydroxylation is 2. The van der Waals surface area contributed by atoms with Crippen LogP contribution in [0.1, 0.15) is 30.7 Å². The minimum atomic E-state index is -0.229. The van der Waals surface area contributed by atoms with Crippen molar-refractivity contribution in [2.45, 2.75) is 33.6 Å². The smallest absolute Gasteiger partial charge is 0.311 e. The van der Waals surface area contributed by atoms with Gasteiger partial charge in [0.2, 0.25) is 0 Å². The van der Waals surface area contributed by atoms with Gasteiger partial charge in [0.25, 0.3) is 0 Å². The molecular formula is C20H22N2O2. The molecule has 2 heterocycles. The van der Waals surface area contributed by atoms with Gasteiger partial charge in [0.15, 0.2) is 0 Å². The second kappa shape index (κ2) is 6.87. The Morgan fingerprint density at radius 2 is 1.88 bits per heavy atom. The van der Waals surface area contributed by atoms with Crippen molar-refractivity contribution in [1.82, 2.24) is 9.38 Å². The Hall–Kier alpha value is -2.62. The molecule has 1 aromatic carbocycles. The maximum Gasteiger partial charge on any atom is 0.311 e. The van der Waals surface area contributed by atoms with Crippen LogP contribution in [0.25, 0.3) is 16.9 Å². The Kier molecular flexibility index (Phi) is 4.65. The van der Waals surface area contributed by atoms with Crippen LogP contribution in [0.5, 0.6) is 0 Å². The van der Waals surface area contributed by atoms with Crippen LogP contribution in [-0.2, 0) is 22.4 Å². The summed E-state index contributed by atoms with van der Waals surface area (Å²) in [5.41, 5.74) is 5.98. The maximum absolute atomic E-state index is 12.1. The number of pyridine rings is 1. The van der Waals surface area contributed by atoms with Crippen molar-refractivity contribution >= 4 is 11.6 Å². The number of carbonyl (C=O) groups is 1. The molecule has 0 saturated heterocycles. The zero-order valence-corrected chi connectivity index (χ0v) is 14.4. The van der Waals surface area contributed by atoms with Gasteiger partial charge in [-0.05, 0) is 37.5 Å². The number of ether oxygens (including phenoxy) is 1. The molecule has 3 rings (SSSR count). The lowest BCUT2D eigenvalue weighted by Gasteiger charge is -2.06. The average molecular weight is 322 g/mol. The number of carbonyl (C=O) groups excluding carboxylic acids is 1. The quantitative estimate of drug-likeness (QED) is 0.667. The third-order valence-corrected chi connectivity index (χ3v) is 4.12. The second-order valence-corrected chi connectivity index (χ2v) is 5.87. The van der Waals surface area contributed by atoms with Gasteiger partial charge < -0.3 is 9.14 Å². The van der Waals surface area contributed by atoms with Gasteiger partial charge >= 0.3 is 5.97 Å². The molecule has 0 aliphatic rings. The van der Waals surface area contributed by atoms with Crippen LogP contribution in [0, 0.1) is 6.92 Å². The van der Waals surface area contributed by atoms with Gasteiger partial charge in [0.05, 0.1) is 24.4 Å². The number of aromatic nitrogens is 2. The van der Waals surface area contributed by atoms with Gasteiger partial charge in [0.1, 0.15) is 5.65 Å². The number of esters is 1. The zero-order chi connectivity index (χ0) is 17.1. The monoisotopic (exact) mass is 322 g/mol. The summed E-state index contributed by atoms with van der Waals surface area (Å²) in [7, 11) is 0. The summed E-state index contributed by atoms with van der Waals surface area (Å²) >= 11 is 0. The minimum absolute atomic E-state index is 0.212. The first-order chi connectivity index (χ1) is 11.6. The van der Waals surface area contributed by atoms with Gasteiger partial charge in [-0.15, -0.1) is 0 Å². The molecule has 0 spiro atoms. The van der Waals surface area contributed by atoms with E-state index in [-0.39, 0.29) is 12.4 Å². The molecule has 4 nitrogen and oxygen atoms in total. The normalized spacial score (nSPS) is 11.0. The maximum atomic E-state index is 12.1. The number of hydrogen-bond acceptors (Lipinski definition) is 3. The van der Waals surface area contributed by atoms with Crippen LogP contribution >= 0.6 is 0 Å². The topological polar surface area (TPSA) is 43.6 Å². The first-order valence-electron chi connectivity index (χ1n) is 8.35. The summed E-state index contributed by atoms with van der Waals surface area (Å²) in [6.07, 6.45) is 3.23. The molecule has 0 fully saturated rings. The van der Waals surface area contributed by atoms with E-state index in [1.165, 1.54) is 5.56 Å². The number of hydrogen-bond donors (Lipinski definition) is 0. The number of imidazole rings is 1. The molecular weight excluding hydrogens is 300 g/mol. The van der Waals surface area contributed by atoms with E-state index in [2.05, 4.69) is 31.2 Å². The third-order valence-electron chi connectivity index (χ3n) is 4.12. The molecule has 0 aliphatic carbocycles. The average Bonchev–Trinajstić information content (AvgIpc) is 2.93. The molecule has 0 atom stereocenters. The van der Waals surface area contributed by atoms with Crippen molar-refractivity contribution in [3.05, 3.63) is 59.4 Å². The van der Waals surface area contributed by atoms with Crippen molar-refractivity contribution in [2.24, 2.45) is 0 Å². The van der Waals surface area contributed by atoms with Crippen LogP contribution in [0.15, 0.2) is 42.6 Å². The number of fused-ring (bicyclic) bond motifs is 1. The van der Waals surface area contributed by atoms with E-state index in [0.29, 0.717) is 6.61 Å². The summed E-state index contributed by atoms with van der Waals surface area (Å²) in [6, 6.07) is 12.4. The van der Waals surface area contributed by atoms with Crippen LogP contribution in [-0.4, -0.2) is 22.0 Å². The summed E-state index contributed by atoms with van der Waals surface area (Å²) in [4.78, 5) is 16.8. The van der Waals surface area contributed by atoms with Gasteiger partial charge in [-0.3, -0.25) is 4.79 Å². The molecule has 0 unspecified atom stereocenters. The van der Waals surface area contributed by atoms with Crippen molar-refractivity contribution < 1.29 is 9.53 Å². The SMILES string of the molecule is CCOC(=O)Cc1c(-c2ccc(CC)cc2)nc2ccc(C)cn12. The summed E-state index contributed by atoms with van der Waals surface area (Å²) < 4.78 is 7.14. The molecule has 0 N–H and O–H groups in total. The van der Waals surface area contributed by atoms with Crippen LogP contribution < -0.4 is 0 Å². The fourth-order valence-electron chi connectivity index (χ4n) is 2.85. The highest BCUT2D eigenvalue weighted by atomic mass is 16.5. The number of benzene rings is 1. The standard InChI is InChI=1S/C20H22N2O2/c1-4-15-7-9-16(10-8-15)20-17(12-19(23)24-5-2)22-13-14(3)6-11-18(22)21-20/h6-11,13H,4-5,12H2,1-3H3. The van der Waals surface area contributed by atoms with E-state index >= 15 is 0 Å². The molecule has 0 radical (unpaired) electrons. The van der Waals surface area contributed by atoms with Crippen LogP contribution in [0.4, 0.5) is 0 Å². The van der Waals surface area contributed by atoms with Crippen molar-refractivity contribution in [1.29, 1.82) is 0 Å². The van der Waals surface area contributed by atoms with Crippen molar-refractivity contribution in [3.8, 4) is 11.3 Å². The fourth-order valence-corrected chi connectivity index (χ4v) is 2.85. The van der Waals surface area contributed by atoms with E-state index in [1.54, 1.807) is 0 Å². The molecule has 2 aromatic heterocycles. The Morgan fingerprint density at radius 1 is 1.12 bits per heavy atom. The Balaban J connectivity index is 2.12. The molecule has 3 aromatic rings. The molecule has 4 heteroatoms.